The summed E-state index contributed by atoms with van der Waals surface area (Å²) in [5, 5.41) is 9.43. The van der Waals surface area contributed by atoms with Crippen LogP contribution in [0.25, 0.3) is 0 Å². The lowest BCUT2D eigenvalue weighted by Gasteiger charge is -2.16. The Morgan fingerprint density at radius 3 is 3.18 bits per heavy atom. The van der Waals surface area contributed by atoms with E-state index in [2.05, 4.69) is 4.98 Å². The molecule has 1 amide bonds. The fraction of sp³-hybridized carbons (Fsp3) is 0.500. The number of carbonyl (C=O) groups excluding carboxylic acids is 1. The Balaban J connectivity index is 2.18. The molecule has 0 bridgehead atoms. The Bertz CT molecular complexity index is 408. The monoisotopic (exact) mass is 236 g/mol. The molecular weight excluding hydrogens is 220 g/mol. The Morgan fingerprint density at radius 1 is 1.71 bits per heavy atom. The molecule has 0 spiro atoms. The van der Waals surface area contributed by atoms with Gasteiger partial charge < -0.3 is 14.7 Å². The summed E-state index contributed by atoms with van der Waals surface area (Å²) >= 11 is 0. The van der Waals surface area contributed by atoms with Crippen LogP contribution >= 0.6 is 0 Å². The molecule has 1 fully saturated rings. The van der Waals surface area contributed by atoms with Crippen molar-refractivity contribution in [1.82, 2.24) is 9.88 Å². The number of carbonyl (C=O) groups is 1. The van der Waals surface area contributed by atoms with Crippen molar-refractivity contribution in [2.24, 2.45) is 0 Å². The number of aromatic nitrogens is 1. The predicted octanol–water partition coefficient (Wildman–Crippen LogP) is 0.687. The molecule has 0 aliphatic carbocycles. The van der Waals surface area contributed by atoms with Gasteiger partial charge in [-0.05, 0) is 25.5 Å². The van der Waals surface area contributed by atoms with Gasteiger partial charge in [-0.3, -0.25) is 4.79 Å². The lowest BCUT2D eigenvalue weighted by atomic mass is 10.2. The van der Waals surface area contributed by atoms with Gasteiger partial charge in [-0.25, -0.2) is 4.98 Å². The van der Waals surface area contributed by atoms with Crippen LogP contribution in [0, 0.1) is 0 Å². The van der Waals surface area contributed by atoms with E-state index in [0.717, 1.165) is 0 Å². The molecule has 5 nitrogen and oxygen atoms in total. The molecule has 17 heavy (non-hydrogen) atoms. The summed E-state index contributed by atoms with van der Waals surface area (Å²) in [6.07, 6.45) is 1.82. The van der Waals surface area contributed by atoms with E-state index in [1.165, 1.54) is 0 Å². The van der Waals surface area contributed by atoms with Crippen molar-refractivity contribution >= 4 is 5.91 Å². The Labute approximate surface area is 100 Å². The van der Waals surface area contributed by atoms with Crippen LogP contribution in [0.2, 0.25) is 0 Å². The first-order valence-corrected chi connectivity index (χ1v) is 5.77. The molecule has 1 N–H and O–H groups in total. The third-order valence-electron chi connectivity index (χ3n) is 2.73. The van der Waals surface area contributed by atoms with Gasteiger partial charge in [0.1, 0.15) is 5.56 Å². The van der Waals surface area contributed by atoms with Crippen molar-refractivity contribution < 1.29 is 14.6 Å². The van der Waals surface area contributed by atoms with Gasteiger partial charge in [0.2, 0.25) is 5.88 Å². The van der Waals surface area contributed by atoms with Gasteiger partial charge in [-0.15, -0.1) is 0 Å². The lowest BCUT2D eigenvalue weighted by molar-refractivity contribution is 0.0760. The molecule has 2 rings (SSSR count). The quantitative estimate of drug-likeness (QED) is 0.838. The molecule has 5 heteroatoms. The standard InChI is InChI=1S/C12H16N2O3/c1-2-17-11-10(4-3-6-13-11)12(16)14-7-5-9(15)8-14/h3-4,6,9,15H,2,5,7-8H2,1H3. The van der Waals surface area contributed by atoms with Crippen LogP contribution in [0.1, 0.15) is 23.7 Å². The van der Waals surface area contributed by atoms with Gasteiger partial charge in [-0.2, -0.15) is 0 Å². The summed E-state index contributed by atoms with van der Waals surface area (Å²) in [5.74, 6) is 0.236. The molecule has 1 unspecified atom stereocenters. The highest BCUT2D eigenvalue weighted by Crippen LogP contribution is 2.19. The first kappa shape index (κ1) is 11.9. The molecule has 1 atom stereocenters. The summed E-state index contributed by atoms with van der Waals surface area (Å²) < 4.78 is 5.32. The highest BCUT2D eigenvalue weighted by molar-refractivity contribution is 5.96. The van der Waals surface area contributed by atoms with Crippen LogP contribution in [-0.2, 0) is 0 Å². The van der Waals surface area contributed by atoms with Crippen LogP contribution in [0.4, 0.5) is 0 Å². The average molecular weight is 236 g/mol. The summed E-state index contributed by atoms with van der Waals surface area (Å²) in [6.45, 7) is 3.29. The fourth-order valence-corrected chi connectivity index (χ4v) is 1.90. The highest BCUT2D eigenvalue weighted by Gasteiger charge is 2.27. The maximum Gasteiger partial charge on any atom is 0.259 e. The van der Waals surface area contributed by atoms with E-state index in [0.29, 0.717) is 37.6 Å². The normalized spacial score (nSPS) is 19.4. The number of hydrogen-bond acceptors (Lipinski definition) is 4. The zero-order chi connectivity index (χ0) is 12.3. The molecule has 92 valence electrons. The second kappa shape index (κ2) is 5.14. The van der Waals surface area contributed by atoms with Crippen molar-refractivity contribution in [3.05, 3.63) is 23.9 Å². The third kappa shape index (κ3) is 2.55. The van der Waals surface area contributed by atoms with Crippen molar-refractivity contribution in [3.63, 3.8) is 0 Å². The van der Waals surface area contributed by atoms with E-state index in [4.69, 9.17) is 4.74 Å². The van der Waals surface area contributed by atoms with E-state index in [9.17, 15) is 9.90 Å². The van der Waals surface area contributed by atoms with Crippen molar-refractivity contribution in [2.45, 2.75) is 19.4 Å². The smallest absolute Gasteiger partial charge is 0.259 e. The molecule has 2 heterocycles. The SMILES string of the molecule is CCOc1ncccc1C(=O)N1CCC(O)C1. The highest BCUT2D eigenvalue weighted by atomic mass is 16.5. The number of amides is 1. The zero-order valence-electron chi connectivity index (χ0n) is 9.80. The number of pyridine rings is 1. The van der Waals surface area contributed by atoms with Crippen molar-refractivity contribution in [3.8, 4) is 5.88 Å². The Hall–Kier alpha value is -1.62. The number of β-amino-alcohol motifs (C(OH)–C–C–N with tert-alkyl or cyclic N) is 1. The number of nitrogens with zero attached hydrogens (tertiary/aromatic N) is 2. The second-order valence-corrected chi connectivity index (χ2v) is 3.98. The van der Waals surface area contributed by atoms with Gasteiger partial charge >= 0.3 is 0 Å². The number of rotatable bonds is 3. The number of aliphatic hydroxyl groups excluding tert-OH is 1. The zero-order valence-corrected chi connectivity index (χ0v) is 9.80. The number of aliphatic hydroxyl groups is 1. The molecule has 0 radical (unpaired) electrons. The summed E-state index contributed by atoms with van der Waals surface area (Å²) in [4.78, 5) is 17.9. The minimum absolute atomic E-state index is 0.127. The van der Waals surface area contributed by atoms with Gasteiger partial charge in [0, 0.05) is 19.3 Å². The van der Waals surface area contributed by atoms with E-state index in [-0.39, 0.29) is 5.91 Å². The van der Waals surface area contributed by atoms with Gasteiger partial charge in [0.15, 0.2) is 0 Å². The van der Waals surface area contributed by atoms with Gasteiger partial charge in [0.25, 0.3) is 5.91 Å². The van der Waals surface area contributed by atoms with Crippen LogP contribution in [-0.4, -0.2) is 46.7 Å². The third-order valence-corrected chi connectivity index (χ3v) is 2.73. The predicted molar refractivity (Wildman–Crippen MR) is 61.9 cm³/mol. The Morgan fingerprint density at radius 2 is 2.53 bits per heavy atom. The first-order chi connectivity index (χ1) is 8.22. The molecule has 1 aromatic heterocycles. The molecule has 1 aliphatic heterocycles. The fourth-order valence-electron chi connectivity index (χ4n) is 1.90. The van der Waals surface area contributed by atoms with Gasteiger partial charge in [0.05, 0.1) is 12.7 Å². The van der Waals surface area contributed by atoms with Crippen molar-refractivity contribution in [2.75, 3.05) is 19.7 Å². The van der Waals surface area contributed by atoms with E-state index >= 15 is 0 Å². The first-order valence-electron chi connectivity index (χ1n) is 5.77. The van der Waals surface area contributed by atoms with E-state index in [1.807, 2.05) is 6.92 Å². The topological polar surface area (TPSA) is 62.7 Å². The van der Waals surface area contributed by atoms with Crippen LogP contribution in [0.5, 0.6) is 5.88 Å². The largest absolute Gasteiger partial charge is 0.477 e. The minimum Gasteiger partial charge on any atom is -0.477 e. The number of ether oxygens (including phenoxy) is 1. The van der Waals surface area contributed by atoms with Crippen molar-refractivity contribution in [1.29, 1.82) is 0 Å². The maximum atomic E-state index is 12.2. The minimum atomic E-state index is -0.411. The summed E-state index contributed by atoms with van der Waals surface area (Å²) in [5.41, 5.74) is 0.462. The second-order valence-electron chi connectivity index (χ2n) is 3.98. The molecule has 0 aromatic carbocycles. The molecule has 1 aliphatic rings. The lowest BCUT2D eigenvalue weighted by Crippen LogP contribution is -2.30. The van der Waals surface area contributed by atoms with Gasteiger partial charge in [-0.1, -0.05) is 0 Å². The van der Waals surface area contributed by atoms with Crippen LogP contribution in [0.15, 0.2) is 18.3 Å². The number of hydrogen-bond donors (Lipinski definition) is 1. The average Bonchev–Trinajstić information content (AvgIpc) is 2.76. The van der Waals surface area contributed by atoms with Crippen LogP contribution < -0.4 is 4.74 Å². The Kier molecular flexibility index (Phi) is 3.58. The summed E-state index contributed by atoms with van der Waals surface area (Å²) in [6, 6.07) is 3.41. The van der Waals surface area contributed by atoms with E-state index < -0.39 is 6.10 Å². The molecular formula is C12H16N2O3. The van der Waals surface area contributed by atoms with Crippen LogP contribution in [0.3, 0.4) is 0 Å². The molecule has 1 aromatic rings. The number of likely N-dealkylation sites (tertiary alicyclic amines) is 1. The molecule has 1 saturated heterocycles. The molecule has 0 saturated carbocycles. The van der Waals surface area contributed by atoms with E-state index in [1.54, 1.807) is 23.2 Å². The maximum absolute atomic E-state index is 12.2. The summed E-state index contributed by atoms with van der Waals surface area (Å²) in [7, 11) is 0.